The van der Waals surface area contributed by atoms with Gasteiger partial charge in [-0.1, -0.05) is 23.2 Å². The number of carbonyl (C=O) groups excluding carboxylic acids is 1. The van der Waals surface area contributed by atoms with Crippen LogP contribution < -0.4 is 4.72 Å². The van der Waals surface area contributed by atoms with E-state index in [0.717, 1.165) is 6.07 Å². The van der Waals surface area contributed by atoms with E-state index in [0.29, 0.717) is 0 Å². The van der Waals surface area contributed by atoms with E-state index in [1.807, 2.05) is 0 Å². The number of hydrogen-bond donors (Lipinski definition) is 2. The van der Waals surface area contributed by atoms with Crippen molar-refractivity contribution in [1.82, 2.24) is 0 Å². The van der Waals surface area contributed by atoms with Gasteiger partial charge in [-0.3, -0.25) is 4.72 Å². The van der Waals surface area contributed by atoms with E-state index in [1.165, 1.54) is 37.4 Å². The molecule has 0 saturated heterocycles. The van der Waals surface area contributed by atoms with E-state index in [1.54, 1.807) is 0 Å². The van der Waals surface area contributed by atoms with Crippen molar-refractivity contribution in [3.8, 4) is 5.75 Å². The zero-order valence-electron chi connectivity index (χ0n) is 13.5. The second-order valence-corrected chi connectivity index (χ2v) is 7.63. The number of phenols is 1. The van der Waals surface area contributed by atoms with E-state index in [-0.39, 0.29) is 39.4 Å². The largest absolute Gasteiger partial charge is 0.507 e. The van der Waals surface area contributed by atoms with Crippen LogP contribution in [0.3, 0.4) is 0 Å². The van der Waals surface area contributed by atoms with Crippen LogP contribution in [-0.4, -0.2) is 39.8 Å². The quantitative estimate of drug-likeness (QED) is 0.527. The molecule has 0 atom stereocenters. The fraction of sp³-hybridized carbons (Fsp3) is 0.188. The van der Waals surface area contributed by atoms with Crippen molar-refractivity contribution in [2.24, 2.45) is 0 Å². The number of aromatic hydroxyl groups is 1. The number of nitrogens with one attached hydrogen (secondary N) is 1. The summed E-state index contributed by atoms with van der Waals surface area (Å²) in [6.45, 7) is 0.241. The van der Waals surface area contributed by atoms with Crippen molar-refractivity contribution in [1.29, 1.82) is 0 Å². The van der Waals surface area contributed by atoms with Gasteiger partial charge >= 0.3 is 5.97 Å². The highest BCUT2D eigenvalue weighted by molar-refractivity contribution is 7.92. The van der Waals surface area contributed by atoms with Gasteiger partial charge in [0.15, 0.2) is 0 Å². The lowest BCUT2D eigenvalue weighted by atomic mass is 10.2. The van der Waals surface area contributed by atoms with Crippen LogP contribution in [0.1, 0.15) is 10.4 Å². The fourth-order valence-electron chi connectivity index (χ4n) is 1.96. The number of methoxy groups -OCH3 is 1. The standard InChI is InChI=1S/C16H15Cl2NO6S/c1-24-4-5-25-16(21)14-3-2-12(9-15(14)20)19-26(22,23)13-7-10(17)6-11(18)8-13/h2-3,6-9,19-20H,4-5H2,1H3. The SMILES string of the molecule is COCCOC(=O)c1ccc(NS(=O)(=O)c2cc(Cl)cc(Cl)c2)cc1O. The second-order valence-electron chi connectivity index (χ2n) is 5.07. The number of anilines is 1. The van der Waals surface area contributed by atoms with Gasteiger partial charge < -0.3 is 14.6 Å². The first-order valence-corrected chi connectivity index (χ1v) is 9.45. The normalized spacial score (nSPS) is 11.2. The first-order valence-electron chi connectivity index (χ1n) is 7.21. The Labute approximate surface area is 160 Å². The second kappa shape index (κ2) is 8.59. The molecule has 0 amide bonds. The van der Waals surface area contributed by atoms with Gasteiger partial charge in [0, 0.05) is 23.2 Å². The van der Waals surface area contributed by atoms with Gasteiger partial charge in [0.25, 0.3) is 10.0 Å². The van der Waals surface area contributed by atoms with E-state index in [2.05, 4.69) is 4.72 Å². The lowest BCUT2D eigenvalue weighted by molar-refractivity contribution is 0.0385. The summed E-state index contributed by atoms with van der Waals surface area (Å²) in [7, 11) is -2.53. The molecule has 0 heterocycles. The summed E-state index contributed by atoms with van der Waals surface area (Å²) < 4.78 is 36.7. The monoisotopic (exact) mass is 419 g/mol. The highest BCUT2D eigenvalue weighted by Crippen LogP contribution is 2.27. The molecular weight excluding hydrogens is 405 g/mol. The number of halogens is 2. The van der Waals surface area contributed by atoms with Gasteiger partial charge in [-0.2, -0.15) is 0 Å². The maximum atomic E-state index is 12.4. The average Bonchev–Trinajstić information content (AvgIpc) is 2.53. The molecule has 2 aromatic rings. The zero-order valence-corrected chi connectivity index (χ0v) is 15.9. The van der Waals surface area contributed by atoms with Crippen molar-refractivity contribution < 1.29 is 27.8 Å². The van der Waals surface area contributed by atoms with Crippen molar-refractivity contribution in [2.75, 3.05) is 25.0 Å². The van der Waals surface area contributed by atoms with Crippen LogP contribution in [0.2, 0.25) is 10.0 Å². The summed E-state index contributed by atoms with van der Waals surface area (Å²) >= 11 is 11.6. The van der Waals surface area contributed by atoms with Gasteiger partial charge in [0.2, 0.25) is 0 Å². The Morgan fingerprint density at radius 3 is 2.35 bits per heavy atom. The number of hydrogen-bond acceptors (Lipinski definition) is 6. The van der Waals surface area contributed by atoms with Crippen LogP contribution in [0.25, 0.3) is 0 Å². The summed E-state index contributed by atoms with van der Waals surface area (Å²) in [6.07, 6.45) is 0. The van der Waals surface area contributed by atoms with E-state index in [4.69, 9.17) is 32.7 Å². The number of esters is 1. The molecule has 7 nitrogen and oxygen atoms in total. The number of sulfonamides is 1. The predicted octanol–water partition coefficient (Wildman–Crippen LogP) is 3.30. The molecule has 0 bridgehead atoms. The molecule has 2 rings (SSSR count). The van der Waals surface area contributed by atoms with Crippen LogP contribution >= 0.6 is 23.2 Å². The molecule has 26 heavy (non-hydrogen) atoms. The molecule has 0 aliphatic carbocycles. The van der Waals surface area contributed by atoms with Gasteiger partial charge in [-0.15, -0.1) is 0 Å². The molecular formula is C16H15Cl2NO6S. The van der Waals surface area contributed by atoms with Gasteiger partial charge in [-0.25, -0.2) is 13.2 Å². The Balaban J connectivity index is 2.19. The lowest BCUT2D eigenvalue weighted by Gasteiger charge is -2.11. The van der Waals surface area contributed by atoms with Gasteiger partial charge in [-0.05, 0) is 30.3 Å². The summed E-state index contributed by atoms with van der Waals surface area (Å²) in [4.78, 5) is 11.7. The molecule has 140 valence electrons. The zero-order chi connectivity index (χ0) is 19.3. The predicted molar refractivity (Wildman–Crippen MR) is 97.5 cm³/mol. The van der Waals surface area contributed by atoms with E-state index >= 15 is 0 Å². The Kier molecular flexibility index (Phi) is 6.71. The van der Waals surface area contributed by atoms with Crippen molar-refractivity contribution >= 4 is 44.9 Å². The van der Waals surface area contributed by atoms with Crippen molar-refractivity contribution in [3.05, 3.63) is 52.0 Å². The molecule has 0 unspecified atom stereocenters. The third-order valence-corrected chi connectivity index (χ3v) is 4.93. The third kappa shape index (κ3) is 5.25. The minimum absolute atomic E-state index is 0.0265. The fourth-order valence-corrected chi connectivity index (χ4v) is 3.74. The number of carbonyl (C=O) groups is 1. The highest BCUT2D eigenvalue weighted by atomic mass is 35.5. The number of phenolic OH excluding ortho intramolecular Hbond substituents is 1. The Morgan fingerprint density at radius 1 is 1.12 bits per heavy atom. The number of rotatable bonds is 7. The molecule has 2 N–H and O–H groups in total. The Morgan fingerprint density at radius 2 is 1.77 bits per heavy atom. The van der Waals surface area contributed by atoms with Crippen LogP contribution in [0.15, 0.2) is 41.3 Å². The first-order chi connectivity index (χ1) is 12.2. The molecule has 0 aliphatic rings. The number of benzene rings is 2. The highest BCUT2D eigenvalue weighted by Gasteiger charge is 2.18. The van der Waals surface area contributed by atoms with Crippen molar-refractivity contribution in [2.45, 2.75) is 4.90 Å². The van der Waals surface area contributed by atoms with Gasteiger partial charge in [0.1, 0.15) is 17.9 Å². The van der Waals surface area contributed by atoms with Crippen LogP contribution in [0.5, 0.6) is 5.75 Å². The molecule has 0 fully saturated rings. The summed E-state index contributed by atoms with van der Waals surface area (Å²) in [5.41, 5.74) is -0.0538. The molecule has 2 aromatic carbocycles. The third-order valence-electron chi connectivity index (χ3n) is 3.14. The summed E-state index contributed by atoms with van der Waals surface area (Å²) in [5.74, 6) is -1.19. The topological polar surface area (TPSA) is 102 Å². The van der Waals surface area contributed by atoms with E-state index in [9.17, 15) is 18.3 Å². The van der Waals surface area contributed by atoms with Crippen LogP contribution in [0, 0.1) is 0 Å². The molecule has 0 spiro atoms. The van der Waals surface area contributed by atoms with Crippen molar-refractivity contribution in [3.63, 3.8) is 0 Å². The average molecular weight is 420 g/mol. The first kappa shape index (κ1) is 20.3. The minimum Gasteiger partial charge on any atom is -0.507 e. The Bertz CT molecular complexity index is 897. The maximum Gasteiger partial charge on any atom is 0.341 e. The molecule has 0 radical (unpaired) electrons. The van der Waals surface area contributed by atoms with Gasteiger partial charge in [0.05, 0.1) is 17.2 Å². The van der Waals surface area contributed by atoms with Crippen LogP contribution in [0.4, 0.5) is 5.69 Å². The molecule has 0 saturated carbocycles. The molecule has 0 aliphatic heterocycles. The molecule has 10 heteroatoms. The lowest BCUT2D eigenvalue weighted by Crippen LogP contribution is -2.14. The Hall–Kier alpha value is -2.00. The minimum atomic E-state index is -3.99. The number of ether oxygens (including phenoxy) is 2. The van der Waals surface area contributed by atoms with E-state index < -0.39 is 21.7 Å². The molecule has 0 aromatic heterocycles. The summed E-state index contributed by atoms with van der Waals surface area (Å²) in [6, 6.07) is 7.52. The maximum absolute atomic E-state index is 12.4. The smallest absolute Gasteiger partial charge is 0.341 e. The van der Waals surface area contributed by atoms with Crippen LogP contribution in [-0.2, 0) is 19.5 Å². The summed E-state index contributed by atoms with van der Waals surface area (Å²) in [5, 5.41) is 10.3.